The molecule has 0 saturated carbocycles. The summed E-state index contributed by atoms with van der Waals surface area (Å²) in [5.41, 5.74) is 0.727. The van der Waals surface area contributed by atoms with Crippen LogP contribution in [-0.2, 0) is 12.7 Å². The molecule has 0 N–H and O–H groups in total. The van der Waals surface area contributed by atoms with Crippen molar-refractivity contribution in [2.75, 3.05) is 0 Å². The van der Waals surface area contributed by atoms with Crippen molar-refractivity contribution in [3.05, 3.63) is 47.3 Å². The third kappa shape index (κ3) is 3.50. The minimum absolute atomic E-state index is 0.198. The average Bonchev–Trinajstić information content (AvgIpc) is 2.86. The second-order valence-corrected chi connectivity index (χ2v) is 4.94. The summed E-state index contributed by atoms with van der Waals surface area (Å²) in [5, 5.41) is 7.65. The minimum atomic E-state index is -4.31. The molecule has 3 nitrogen and oxygen atoms in total. The topological polar surface area (TPSA) is 30.7 Å². The number of halogens is 4. The first-order valence-electron chi connectivity index (χ1n) is 6.10. The van der Waals surface area contributed by atoms with Gasteiger partial charge in [-0.15, -0.1) is 16.7 Å². The molecule has 20 heavy (non-hydrogen) atoms. The smallest absolute Gasteiger partial charge is 0.248 e. The predicted molar refractivity (Wildman–Crippen MR) is 69.5 cm³/mol. The molecule has 0 amide bonds. The molecule has 1 unspecified atom stereocenters. The van der Waals surface area contributed by atoms with Crippen LogP contribution in [0.25, 0.3) is 0 Å². The van der Waals surface area contributed by atoms with Crippen LogP contribution < -0.4 is 0 Å². The molecular formula is C13H13ClF3N3. The van der Waals surface area contributed by atoms with Gasteiger partial charge < -0.3 is 0 Å². The molecular weight excluding hydrogens is 291 g/mol. The van der Waals surface area contributed by atoms with E-state index in [1.54, 1.807) is 10.9 Å². The molecule has 0 fully saturated rings. The number of rotatable bonds is 4. The van der Waals surface area contributed by atoms with E-state index in [0.717, 1.165) is 24.1 Å². The highest BCUT2D eigenvalue weighted by molar-refractivity contribution is 6.20. The van der Waals surface area contributed by atoms with Gasteiger partial charge in [0.05, 0.1) is 23.7 Å². The molecule has 108 valence electrons. The maximum Gasteiger partial charge on any atom is 0.416 e. The average molecular weight is 304 g/mol. The summed E-state index contributed by atoms with van der Waals surface area (Å²) in [6.45, 7) is 2.30. The fourth-order valence-electron chi connectivity index (χ4n) is 1.73. The Morgan fingerprint density at radius 1 is 1.25 bits per heavy atom. The van der Waals surface area contributed by atoms with E-state index in [-0.39, 0.29) is 5.38 Å². The Kier molecular flexibility index (Phi) is 4.32. The van der Waals surface area contributed by atoms with Crippen molar-refractivity contribution < 1.29 is 13.2 Å². The largest absolute Gasteiger partial charge is 0.416 e. The molecule has 0 spiro atoms. The van der Waals surface area contributed by atoms with Gasteiger partial charge in [-0.2, -0.15) is 13.2 Å². The van der Waals surface area contributed by atoms with Gasteiger partial charge >= 0.3 is 6.18 Å². The SMILES string of the molecule is CCC(Cl)c1cn(Cc2ccc(C(F)(F)F)cc2)nn1. The maximum atomic E-state index is 12.4. The van der Waals surface area contributed by atoms with Crippen molar-refractivity contribution in [3.63, 3.8) is 0 Å². The van der Waals surface area contributed by atoms with Crippen LogP contribution in [-0.4, -0.2) is 15.0 Å². The summed E-state index contributed by atoms with van der Waals surface area (Å²) in [5.74, 6) is 0. The van der Waals surface area contributed by atoms with Crippen LogP contribution in [0.2, 0.25) is 0 Å². The highest BCUT2D eigenvalue weighted by Crippen LogP contribution is 2.29. The molecule has 2 aromatic rings. The molecule has 0 aliphatic rings. The zero-order valence-corrected chi connectivity index (χ0v) is 11.5. The third-order valence-electron chi connectivity index (χ3n) is 2.86. The number of hydrogen-bond donors (Lipinski definition) is 0. The van der Waals surface area contributed by atoms with Crippen LogP contribution in [0.1, 0.15) is 35.5 Å². The van der Waals surface area contributed by atoms with E-state index >= 15 is 0 Å². The van der Waals surface area contributed by atoms with Crippen molar-refractivity contribution in [2.45, 2.75) is 31.4 Å². The van der Waals surface area contributed by atoms with Gasteiger partial charge in [0, 0.05) is 0 Å². The van der Waals surface area contributed by atoms with E-state index in [2.05, 4.69) is 10.3 Å². The van der Waals surface area contributed by atoms with Gasteiger partial charge in [0.2, 0.25) is 0 Å². The number of benzene rings is 1. The molecule has 7 heteroatoms. The van der Waals surface area contributed by atoms with Crippen LogP contribution >= 0.6 is 11.6 Å². The molecule has 0 bridgehead atoms. The Morgan fingerprint density at radius 3 is 2.45 bits per heavy atom. The zero-order valence-electron chi connectivity index (χ0n) is 10.7. The first-order chi connectivity index (χ1) is 9.40. The normalized spacial score (nSPS) is 13.4. The first-order valence-corrected chi connectivity index (χ1v) is 6.54. The van der Waals surface area contributed by atoms with Crippen molar-refractivity contribution in [1.29, 1.82) is 0 Å². The molecule has 1 aromatic heterocycles. The summed E-state index contributed by atoms with van der Waals surface area (Å²) in [4.78, 5) is 0. The first kappa shape index (κ1) is 14.8. The number of hydrogen-bond acceptors (Lipinski definition) is 2. The number of alkyl halides is 4. The highest BCUT2D eigenvalue weighted by atomic mass is 35.5. The van der Waals surface area contributed by atoms with E-state index in [1.165, 1.54) is 12.1 Å². The molecule has 1 heterocycles. The fourth-order valence-corrected chi connectivity index (χ4v) is 1.83. The van der Waals surface area contributed by atoms with Gasteiger partial charge in [-0.25, -0.2) is 4.68 Å². The Labute approximate surface area is 119 Å². The van der Waals surface area contributed by atoms with Crippen molar-refractivity contribution >= 4 is 11.6 Å². The van der Waals surface area contributed by atoms with Crippen molar-refractivity contribution in [2.24, 2.45) is 0 Å². The minimum Gasteiger partial charge on any atom is -0.248 e. The molecule has 0 aliphatic carbocycles. The van der Waals surface area contributed by atoms with Crippen LogP contribution in [0.5, 0.6) is 0 Å². The lowest BCUT2D eigenvalue weighted by molar-refractivity contribution is -0.137. The second-order valence-electron chi connectivity index (χ2n) is 4.41. The molecule has 0 radical (unpaired) electrons. The fraction of sp³-hybridized carbons (Fsp3) is 0.385. The third-order valence-corrected chi connectivity index (χ3v) is 3.39. The van der Waals surface area contributed by atoms with E-state index in [1.807, 2.05) is 6.92 Å². The Balaban J connectivity index is 2.08. The summed E-state index contributed by atoms with van der Waals surface area (Å²) in [7, 11) is 0. The quantitative estimate of drug-likeness (QED) is 0.798. The maximum absolute atomic E-state index is 12.4. The molecule has 2 rings (SSSR count). The second kappa shape index (κ2) is 5.83. The Morgan fingerprint density at radius 2 is 1.90 bits per heavy atom. The standard InChI is InChI=1S/C13H13ClF3N3/c1-2-11(14)12-8-20(19-18-12)7-9-3-5-10(6-4-9)13(15,16)17/h3-6,8,11H,2,7H2,1H3. The summed E-state index contributed by atoms with van der Waals surface area (Å²) < 4.78 is 38.9. The van der Waals surface area contributed by atoms with Gasteiger partial charge in [-0.3, -0.25) is 0 Å². The number of aromatic nitrogens is 3. The summed E-state index contributed by atoms with van der Waals surface area (Å²) in [6, 6.07) is 4.98. The lowest BCUT2D eigenvalue weighted by Crippen LogP contribution is -2.05. The molecule has 1 atom stereocenters. The summed E-state index contributed by atoms with van der Waals surface area (Å²) >= 11 is 6.04. The Hall–Kier alpha value is -1.56. The molecule has 1 aromatic carbocycles. The number of nitrogens with zero attached hydrogens (tertiary/aromatic N) is 3. The van der Waals surface area contributed by atoms with Gasteiger partial charge in [-0.1, -0.05) is 24.3 Å². The van der Waals surface area contributed by atoms with E-state index < -0.39 is 11.7 Å². The molecule has 0 aliphatic heterocycles. The van der Waals surface area contributed by atoms with Gasteiger partial charge in [-0.05, 0) is 24.1 Å². The van der Waals surface area contributed by atoms with Crippen molar-refractivity contribution in [3.8, 4) is 0 Å². The zero-order chi connectivity index (χ0) is 14.8. The van der Waals surface area contributed by atoms with Gasteiger partial charge in [0.15, 0.2) is 0 Å². The highest BCUT2D eigenvalue weighted by Gasteiger charge is 2.29. The lowest BCUT2D eigenvalue weighted by Gasteiger charge is -2.07. The van der Waals surface area contributed by atoms with E-state index in [0.29, 0.717) is 12.2 Å². The molecule has 0 saturated heterocycles. The van der Waals surface area contributed by atoms with Crippen LogP contribution in [0.3, 0.4) is 0 Å². The van der Waals surface area contributed by atoms with Crippen LogP contribution in [0, 0.1) is 0 Å². The lowest BCUT2D eigenvalue weighted by atomic mass is 10.1. The van der Waals surface area contributed by atoms with Crippen LogP contribution in [0.15, 0.2) is 30.5 Å². The predicted octanol–water partition coefficient (Wildman–Crippen LogP) is 4.04. The van der Waals surface area contributed by atoms with E-state index in [4.69, 9.17) is 11.6 Å². The Bertz CT molecular complexity index is 563. The summed E-state index contributed by atoms with van der Waals surface area (Å²) in [6.07, 6.45) is -1.87. The van der Waals surface area contributed by atoms with Gasteiger partial charge in [0.25, 0.3) is 0 Å². The van der Waals surface area contributed by atoms with Gasteiger partial charge in [0.1, 0.15) is 5.69 Å². The van der Waals surface area contributed by atoms with Crippen molar-refractivity contribution in [1.82, 2.24) is 15.0 Å². The van der Waals surface area contributed by atoms with E-state index in [9.17, 15) is 13.2 Å². The monoisotopic (exact) mass is 303 g/mol. The van der Waals surface area contributed by atoms with Crippen LogP contribution in [0.4, 0.5) is 13.2 Å².